The minimum absolute atomic E-state index is 0.204. The highest BCUT2D eigenvalue weighted by atomic mass is 16.6. The van der Waals surface area contributed by atoms with Crippen LogP contribution in [-0.4, -0.2) is 5.97 Å². The first kappa shape index (κ1) is 7.80. The van der Waals surface area contributed by atoms with Crippen molar-refractivity contribution < 1.29 is 9.53 Å². The van der Waals surface area contributed by atoms with E-state index in [4.69, 9.17) is 4.74 Å². The summed E-state index contributed by atoms with van der Waals surface area (Å²) in [5, 5.41) is 0. The van der Waals surface area contributed by atoms with Crippen LogP contribution in [0, 0.1) is 0 Å². The summed E-state index contributed by atoms with van der Waals surface area (Å²) in [6.45, 7) is 1.46. The molecule has 0 saturated heterocycles. The van der Waals surface area contributed by atoms with Crippen LogP contribution in [0.25, 0.3) is 6.08 Å². The average Bonchev–Trinajstić information content (AvgIpc) is 2.72. The predicted octanol–water partition coefficient (Wildman–Crippen LogP) is 2.25. The lowest BCUT2D eigenvalue weighted by Crippen LogP contribution is -2.15. The van der Waals surface area contributed by atoms with Gasteiger partial charge in [0.05, 0.1) is 0 Å². The summed E-state index contributed by atoms with van der Waals surface area (Å²) >= 11 is 0. The Balaban J connectivity index is 2.08. The molecule has 1 unspecified atom stereocenters. The third-order valence-corrected chi connectivity index (χ3v) is 2.88. The van der Waals surface area contributed by atoms with Gasteiger partial charge >= 0.3 is 5.97 Å². The molecule has 1 fully saturated rings. The fourth-order valence-electron chi connectivity index (χ4n) is 2.24. The zero-order chi connectivity index (χ0) is 9.76. The Morgan fingerprint density at radius 1 is 1.43 bits per heavy atom. The fourth-order valence-corrected chi connectivity index (χ4v) is 2.24. The van der Waals surface area contributed by atoms with Crippen molar-refractivity contribution in [3.05, 3.63) is 41.0 Å². The Labute approximate surface area is 82.2 Å². The number of esters is 1. The van der Waals surface area contributed by atoms with Gasteiger partial charge in [-0.1, -0.05) is 30.3 Å². The highest BCUT2D eigenvalue weighted by Crippen LogP contribution is 2.60. The first-order chi connectivity index (χ1) is 6.72. The van der Waals surface area contributed by atoms with Gasteiger partial charge in [-0.05, 0) is 11.1 Å². The van der Waals surface area contributed by atoms with Crippen molar-refractivity contribution in [2.24, 2.45) is 0 Å². The Morgan fingerprint density at radius 2 is 2.21 bits per heavy atom. The van der Waals surface area contributed by atoms with Crippen molar-refractivity contribution in [3.8, 4) is 0 Å². The number of carbonyl (C=O) groups excluding carboxylic acids is 1. The van der Waals surface area contributed by atoms with E-state index in [1.807, 2.05) is 18.2 Å². The van der Waals surface area contributed by atoms with Gasteiger partial charge in [0.2, 0.25) is 0 Å². The highest BCUT2D eigenvalue weighted by Gasteiger charge is 2.57. The van der Waals surface area contributed by atoms with Crippen molar-refractivity contribution in [3.63, 3.8) is 0 Å². The van der Waals surface area contributed by atoms with Gasteiger partial charge in [0.15, 0.2) is 5.60 Å². The summed E-state index contributed by atoms with van der Waals surface area (Å²) in [6, 6.07) is 8.08. The molecule has 3 rings (SSSR count). The van der Waals surface area contributed by atoms with Gasteiger partial charge in [-0.25, -0.2) is 0 Å². The van der Waals surface area contributed by atoms with E-state index in [1.165, 1.54) is 18.1 Å². The predicted molar refractivity (Wildman–Crippen MR) is 52.5 cm³/mol. The van der Waals surface area contributed by atoms with Gasteiger partial charge < -0.3 is 4.74 Å². The highest BCUT2D eigenvalue weighted by molar-refractivity contribution is 5.79. The minimum atomic E-state index is -0.373. The lowest BCUT2D eigenvalue weighted by atomic mass is 10.0. The molecule has 2 aliphatic carbocycles. The average molecular weight is 186 g/mol. The molecule has 2 nitrogen and oxygen atoms in total. The molecule has 70 valence electrons. The van der Waals surface area contributed by atoms with Crippen LogP contribution in [0.4, 0.5) is 0 Å². The van der Waals surface area contributed by atoms with E-state index in [1.54, 1.807) is 0 Å². The van der Waals surface area contributed by atoms with Crippen LogP contribution >= 0.6 is 0 Å². The Hall–Kier alpha value is -1.57. The molecule has 0 aromatic heterocycles. The topological polar surface area (TPSA) is 26.3 Å². The molecule has 1 aromatic carbocycles. The molecular formula is C12H10O2. The second-order valence-corrected chi connectivity index (χ2v) is 3.85. The van der Waals surface area contributed by atoms with E-state index < -0.39 is 0 Å². The molecule has 2 heteroatoms. The molecule has 14 heavy (non-hydrogen) atoms. The quantitative estimate of drug-likeness (QED) is 0.629. The third-order valence-electron chi connectivity index (χ3n) is 2.88. The summed E-state index contributed by atoms with van der Waals surface area (Å²) in [5.74, 6) is -0.204. The van der Waals surface area contributed by atoms with E-state index >= 15 is 0 Å². The number of rotatable bonds is 1. The van der Waals surface area contributed by atoms with E-state index in [0.717, 1.165) is 12.0 Å². The molecule has 0 bridgehead atoms. The van der Waals surface area contributed by atoms with Crippen LogP contribution in [-0.2, 0) is 15.1 Å². The third kappa shape index (κ3) is 0.830. The Kier molecular flexibility index (Phi) is 1.26. The SMILES string of the molecule is CC(=O)OC12CC1=Cc1ccccc12. The molecule has 1 atom stereocenters. The zero-order valence-electron chi connectivity index (χ0n) is 7.91. The first-order valence-corrected chi connectivity index (χ1v) is 4.72. The zero-order valence-corrected chi connectivity index (χ0v) is 7.91. The number of hydrogen-bond donors (Lipinski definition) is 0. The maximum atomic E-state index is 11.0. The summed E-state index contributed by atoms with van der Waals surface area (Å²) in [7, 11) is 0. The van der Waals surface area contributed by atoms with Crippen LogP contribution in [0.1, 0.15) is 24.5 Å². The normalized spacial score (nSPS) is 26.2. The Bertz CT molecular complexity index is 459. The largest absolute Gasteiger partial charge is 0.449 e. The van der Waals surface area contributed by atoms with Crippen molar-refractivity contribution in [2.45, 2.75) is 18.9 Å². The number of fused-ring (bicyclic) bond motifs is 3. The molecule has 0 aliphatic heterocycles. The molecule has 0 N–H and O–H groups in total. The van der Waals surface area contributed by atoms with Crippen molar-refractivity contribution >= 4 is 12.0 Å². The number of carbonyl (C=O) groups is 1. The van der Waals surface area contributed by atoms with E-state index in [2.05, 4.69) is 12.1 Å². The van der Waals surface area contributed by atoms with Gasteiger partial charge in [-0.2, -0.15) is 0 Å². The van der Waals surface area contributed by atoms with E-state index in [9.17, 15) is 4.79 Å². The van der Waals surface area contributed by atoms with Crippen LogP contribution < -0.4 is 0 Å². The van der Waals surface area contributed by atoms with Gasteiger partial charge in [0.1, 0.15) is 0 Å². The summed E-state index contributed by atoms with van der Waals surface area (Å²) in [4.78, 5) is 11.0. The first-order valence-electron chi connectivity index (χ1n) is 4.72. The molecule has 1 saturated carbocycles. The molecule has 2 aliphatic rings. The molecule has 0 spiro atoms. The molecule has 0 amide bonds. The van der Waals surface area contributed by atoms with Crippen LogP contribution in [0.5, 0.6) is 0 Å². The van der Waals surface area contributed by atoms with E-state index in [0.29, 0.717) is 0 Å². The second kappa shape index (κ2) is 2.27. The molecule has 1 aromatic rings. The maximum Gasteiger partial charge on any atom is 0.303 e. The van der Waals surface area contributed by atoms with Crippen LogP contribution in [0.3, 0.4) is 0 Å². The summed E-state index contributed by atoms with van der Waals surface area (Å²) in [5.41, 5.74) is 3.19. The lowest BCUT2D eigenvalue weighted by Gasteiger charge is -2.14. The van der Waals surface area contributed by atoms with Gasteiger partial charge in [0.25, 0.3) is 0 Å². The van der Waals surface area contributed by atoms with Crippen LogP contribution in [0.15, 0.2) is 29.8 Å². The summed E-state index contributed by atoms with van der Waals surface area (Å²) in [6.07, 6.45) is 3.00. The minimum Gasteiger partial charge on any atom is -0.449 e. The van der Waals surface area contributed by atoms with Crippen molar-refractivity contribution in [1.82, 2.24) is 0 Å². The fraction of sp³-hybridized carbons (Fsp3) is 0.250. The smallest absolute Gasteiger partial charge is 0.303 e. The number of benzene rings is 1. The van der Waals surface area contributed by atoms with Gasteiger partial charge in [-0.3, -0.25) is 4.79 Å². The monoisotopic (exact) mass is 186 g/mol. The van der Waals surface area contributed by atoms with Gasteiger partial charge in [0, 0.05) is 18.9 Å². The van der Waals surface area contributed by atoms with Crippen molar-refractivity contribution in [2.75, 3.05) is 0 Å². The van der Waals surface area contributed by atoms with Crippen LogP contribution in [0.2, 0.25) is 0 Å². The standard InChI is InChI=1S/C12H10O2/c1-8(13)14-12-7-10(12)6-9-4-2-3-5-11(9)12/h2-6H,7H2,1H3. The Morgan fingerprint density at radius 3 is 3.00 bits per heavy atom. The molecular weight excluding hydrogens is 176 g/mol. The van der Waals surface area contributed by atoms with Gasteiger partial charge in [-0.15, -0.1) is 0 Å². The van der Waals surface area contributed by atoms with Crippen molar-refractivity contribution in [1.29, 1.82) is 0 Å². The second-order valence-electron chi connectivity index (χ2n) is 3.85. The molecule has 0 radical (unpaired) electrons. The molecule has 0 heterocycles. The lowest BCUT2D eigenvalue weighted by molar-refractivity contribution is -0.147. The number of hydrogen-bond acceptors (Lipinski definition) is 2. The maximum absolute atomic E-state index is 11.0. The summed E-state index contributed by atoms with van der Waals surface area (Å²) < 4.78 is 5.39. The number of ether oxygens (including phenoxy) is 1. The van der Waals surface area contributed by atoms with E-state index in [-0.39, 0.29) is 11.6 Å².